The van der Waals surface area contributed by atoms with Gasteiger partial charge in [-0.3, -0.25) is 0 Å². The zero-order valence-corrected chi connectivity index (χ0v) is 31.6. The Labute approximate surface area is 332 Å². The smallest absolute Gasteiger partial charge is 0.0474 e. The summed E-state index contributed by atoms with van der Waals surface area (Å²) in [6.45, 7) is 0. The molecule has 0 atom stereocenters. The Hall–Kier alpha value is -7.42. The van der Waals surface area contributed by atoms with Gasteiger partial charge < -0.3 is 9.80 Å². The predicted octanol–water partition coefficient (Wildman–Crippen LogP) is 15.5. The molecule has 2 nitrogen and oxygen atoms in total. The standard InChI is InChI=1S/C55H38N2/c1-56(45-19-5-2-6-20-45)48-31-43-33-51(42-28-26-38-16-12-14-18-40(38)30-42)53-36-49(57(46-21-7-3-8-22-46)47-23-9-4-10-24-47)32-44-34-50(52(35-48)54(43)55(44)53)41-27-25-37-15-11-13-17-39(37)29-41/h2-36H,1H3. The van der Waals surface area contributed by atoms with E-state index in [0.29, 0.717) is 0 Å². The fourth-order valence-corrected chi connectivity index (χ4v) is 8.89. The Morgan fingerprint density at radius 2 is 0.684 bits per heavy atom. The highest BCUT2D eigenvalue weighted by molar-refractivity contribution is 6.30. The van der Waals surface area contributed by atoms with Crippen LogP contribution < -0.4 is 9.80 Å². The largest absolute Gasteiger partial charge is 0.345 e. The molecular weight excluding hydrogens is 689 g/mol. The highest BCUT2D eigenvalue weighted by atomic mass is 15.1. The van der Waals surface area contributed by atoms with Crippen LogP contribution >= 0.6 is 0 Å². The fraction of sp³-hybridized carbons (Fsp3) is 0.0182. The highest BCUT2D eigenvalue weighted by Gasteiger charge is 2.22. The van der Waals surface area contributed by atoms with E-state index in [1.165, 1.54) is 76.1 Å². The summed E-state index contributed by atoms with van der Waals surface area (Å²) in [4.78, 5) is 4.70. The third-order valence-electron chi connectivity index (χ3n) is 11.7. The molecule has 2 heteroatoms. The molecule has 0 bridgehead atoms. The van der Waals surface area contributed by atoms with Crippen LogP contribution in [-0.2, 0) is 0 Å². The molecule has 11 aromatic rings. The lowest BCUT2D eigenvalue weighted by molar-refractivity contribution is 1.22. The molecule has 0 fully saturated rings. The summed E-state index contributed by atoms with van der Waals surface area (Å²) in [6.07, 6.45) is 0. The second kappa shape index (κ2) is 13.4. The molecule has 0 amide bonds. The van der Waals surface area contributed by atoms with E-state index in [4.69, 9.17) is 0 Å². The number of anilines is 5. The van der Waals surface area contributed by atoms with E-state index in [1.807, 2.05) is 0 Å². The van der Waals surface area contributed by atoms with Gasteiger partial charge in [-0.05, 0) is 161 Å². The SMILES string of the molecule is CN(c1ccccc1)c1cc2cc(-c3ccc4ccccc4c3)c3cc(N(c4ccccc4)c4ccccc4)cc4cc(-c5ccc6ccccc6c5)c(c1)c2c43. The molecule has 0 spiro atoms. The van der Waals surface area contributed by atoms with Crippen LogP contribution in [0.5, 0.6) is 0 Å². The maximum absolute atomic E-state index is 2.45. The molecule has 0 aliphatic heterocycles. The van der Waals surface area contributed by atoms with Crippen LogP contribution in [0.4, 0.5) is 28.4 Å². The van der Waals surface area contributed by atoms with Gasteiger partial charge in [0, 0.05) is 35.5 Å². The molecule has 11 rings (SSSR count). The van der Waals surface area contributed by atoms with E-state index in [2.05, 4.69) is 229 Å². The Kier molecular flexibility index (Phi) is 7.75. The lowest BCUT2D eigenvalue weighted by Gasteiger charge is -2.28. The van der Waals surface area contributed by atoms with Crippen molar-refractivity contribution in [3.8, 4) is 22.3 Å². The van der Waals surface area contributed by atoms with Gasteiger partial charge in [-0.15, -0.1) is 0 Å². The quantitative estimate of drug-likeness (QED) is 0.151. The average molecular weight is 727 g/mol. The summed E-state index contributed by atoms with van der Waals surface area (Å²) in [5, 5.41) is 12.5. The molecule has 0 N–H and O–H groups in total. The Morgan fingerprint density at radius 1 is 0.281 bits per heavy atom. The minimum absolute atomic E-state index is 1.12. The molecule has 0 unspecified atom stereocenters. The normalized spacial score (nSPS) is 11.6. The third-order valence-corrected chi connectivity index (χ3v) is 11.7. The van der Waals surface area contributed by atoms with Crippen molar-refractivity contribution in [3.05, 3.63) is 212 Å². The first kappa shape index (κ1) is 33.0. The van der Waals surface area contributed by atoms with Gasteiger partial charge in [0.2, 0.25) is 0 Å². The number of hydrogen-bond donors (Lipinski definition) is 0. The first-order chi connectivity index (χ1) is 28.2. The molecule has 11 aromatic carbocycles. The zero-order chi connectivity index (χ0) is 37.9. The maximum atomic E-state index is 2.45. The number of rotatable bonds is 7. The molecule has 57 heavy (non-hydrogen) atoms. The minimum Gasteiger partial charge on any atom is -0.345 e. The number of para-hydroxylation sites is 3. The van der Waals surface area contributed by atoms with Crippen molar-refractivity contribution in [2.75, 3.05) is 16.8 Å². The van der Waals surface area contributed by atoms with Crippen molar-refractivity contribution in [1.29, 1.82) is 0 Å². The summed E-state index contributed by atoms with van der Waals surface area (Å²) in [6, 6.07) is 77.8. The number of nitrogens with zero attached hydrogens (tertiary/aromatic N) is 2. The Bertz CT molecular complexity index is 3200. The summed E-state index contributed by atoms with van der Waals surface area (Å²) < 4.78 is 0. The molecule has 0 heterocycles. The lowest BCUT2D eigenvalue weighted by Crippen LogP contribution is -2.10. The van der Waals surface area contributed by atoms with Crippen LogP contribution in [0.15, 0.2) is 212 Å². The van der Waals surface area contributed by atoms with Gasteiger partial charge in [-0.1, -0.05) is 127 Å². The van der Waals surface area contributed by atoms with E-state index in [9.17, 15) is 0 Å². The Morgan fingerprint density at radius 3 is 1.18 bits per heavy atom. The van der Waals surface area contributed by atoms with E-state index >= 15 is 0 Å². The van der Waals surface area contributed by atoms with Crippen molar-refractivity contribution in [3.63, 3.8) is 0 Å². The molecule has 0 radical (unpaired) electrons. The zero-order valence-electron chi connectivity index (χ0n) is 31.6. The van der Waals surface area contributed by atoms with Crippen LogP contribution in [0, 0.1) is 0 Å². The van der Waals surface area contributed by atoms with E-state index in [1.54, 1.807) is 0 Å². The number of benzene rings is 11. The van der Waals surface area contributed by atoms with Crippen LogP contribution in [0.3, 0.4) is 0 Å². The van der Waals surface area contributed by atoms with Gasteiger partial charge in [0.25, 0.3) is 0 Å². The van der Waals surface area contributed by atoms with Crippen LogP contribution in [0.25, 0.3) is 76.1 Å². The average Bonchev–Trinajstić information content (AvgIpc) is 3.28. The van der Waals surface area contributed by atoms with Crippen molar-refractivity contribution >= 4 is 82.3 Å². The van der Waals surface area contributed by atoms with Gasteiger partial charge in [0.05, 0.1) is 0 Å². The summed E-state index contributed by atoms with van der Waals surface area (Å²) in [5.41, 5.74) is 10.5. The van der Waals surface area contributed by atoms with E-state index in [0.717, 1.165) is 28.4 Å². The van der Waals surface area contributed by atoms with Gasteiger partial charge in [-0.25, -0.2) is 0 Å². The number of fused-ring (bicyclic) bond motifs is 2. The topological polar surface area (TPSA) is 6.48 Å². The third kappa shape index (κ3) is 5.65. The summed E-state index contributed by atoms with van der Waals surface area (Å²) in [7, 11) is 2.18. The fourth-order valence-electron chi connectivity index (χ4n) is 8.89. The van der Waals surface area contributed by atoms with Gasteiger partial charge in [0.15, 0.2) is 0 Å². The van der Waals surface area contributed by atoms with Gasteiger partial charge >= 0.3 is 0 Å². The maximum Gasteiger partial charge on any atom is 0.0474 e. The van der Waals surface area contributed by atoms with Crippen molar-refractivity contribution in [2.45, 2.75) is 0 Å². The molecule has 0 saturated heterocycles. The van der Waals surface area contributed by atoms with Crippen molar-refractivity contribution in [2.24, 2.45) is 0 Å². The van der Waals surface area contributed by atoms with Crippen molar-refractivity contribution in [1.82, 2.24) is 0 Å². The van der Waals surface area contributed by atoms with E-state index in [-0.39, 0.29) is 0 Å². The van der Waals surface area contributed by atoms with Crippen LogP contribution in [0.2, 0.25) is 0 Å². The van der Waals surface area contributed by atoms with Gasteiger partial charge in [-0.2, -0.15) is 0 Å². The Balaban J connectivity index is 1.27. The number of hydrogen-bond acceptors (Lipinski definition) is 2. The summed E-state index contributed by atoms with van der Waals surface area (Å²) >= 11 is 0. The molecule has 0 aromatic heterocycles. The van der Waals surface area contributed by atoms with Crippen LogP contribution in [0.1, 0.15) is 0 Å². The molecule has 0 aliphatic rings. The van der Waals surface area contributed by atoms with E-state index < -0.39 is 0 Å². The van der Waals surface area contributed by atoms with Gasteiger partial charge in [0.1, 0.15) is 0 Å². The summed E-state index contributed by atoms with van der Waals surface area (Å²) in [5.74, 6) is 0. The van der Waals surface area contributed by atoms with Crippen molar-refractivity contribution < 1.29 is 0 Å². The molecular formula is C55H38N2. The molecule has 0 aliphatic carbocycles. The highest BCUT2D eigenvalue weighted by Crippen LogP contribution is 2.49. The second-order valence-corrected chi connectivity index (χ2v) is 15.1. The first-order valence-corrected chi connectivity index (χ1v) is 19.6. The lowest BCUT2D eigenvalue weighted by atomic mass is 9.84. The predicted molar refractivity (Wildman–Crippen MR) is 245 cm³/mol. The molecule has 268 valence electrons. The first-order valence-electron chi connectivity index (χ1n) is 19.6. The minimum atomic E-state index is 1.12. The monoisotopic (exact) mass is 726 g/mol. The second-order valence-electron chi connectivity index (χ2n) is 15.1. The molecule has 0 saturated carbocycles. The van der Waals surface area contributed by atoms with Crippen LogP contribution in [-0.4, -0.2) is 7.05 Å².